The maximum atomic E-state index is 13.9. The average Bonchev–Trinajstić information content (AvgIpc) is 2.42. The van der Waals surface area contributed by atoms with Gasteiger partial charge in [0.25, 0.3) is 5.91 Å². The van der Waals surface area contributed by atoms with Crippen LogP contribution in [-0.4, -0.2) is 36.5 Å². The molecule has 2 rings (SSSR count). The molecule has 0 aromatic heterocycles. The van der Waals surface area contributed by atoms with E-state index < -0.39 is 0 Å². The Labute approximate surface area is 113 Å². The van der Waals surface area contributed by atoms with Crippen molar-refractivity contribution in [1.82, 2.24) is 10.2 Å². The van der Waals surface area contributed by atoms with Gasteiger partial charge in [-0.05, 0) is 37.9 Å². The highest BCUT2D eigenvalue weighted by atomic mass is 19.1. The van der Waals surface area contributed by atoms with Crippen molar-refractivity contribution in [3.63, 3.8) is 0 Å². The van der Waals surface area contributed by atoms with Gasteiger partial charge < -0.3 is 10.2 Å². The molecule has 1 saturated heterocycles. The second-order valence-electron chi connectivity index (χ2n) is 5.06. The summed E-state index contributed by atoms with van der Waals surface area (Å²) in [5, 5.41) is 3.39. The molecule has 1 aliphatic rings. The molecule has 0 atom stereocenters. The smallest absolute Gasteiger partial charge is 0.256 e. The van der Waals surface area contributed by atoms with E-state index in [-0.39, 0.29) is 17.3 Å². The van der Waals surface area contributed by atoms with Gasteiger partial charge in [-0.25, -0.2) is 4.39 Å². The average molecular weight is 264 g/mol. The molecule has 0 bridgehead atoms. The largest absolute Gasteiger partial charge is 0.338 e. The summed E-state index contributed by atoms with van der Waals surface area (Å²) in [6.07, 6.45) is 1.88. The fourth-order valence-electron chi connectivity index (χ4n) is 2.56. The van der Waals surface area contributed by atoms with Crippen molar-refractivity contribution in [2.45, 2.75) is 32.7 Å². The summed E-state index contributed by atoms with van der Waals surface area (Å²) in [7, 11) is 0. The SMILES string of the molecule is CCNC1CCN(C(=O)c2cccc(C)c2F)CC1. The van der Waals surface area contributed by atoms with Crippen LogP contribution in [0.2, 0.25) is 0 Å². The van der Waals surface area contributed by atoms with Gasteiger partial charge in [-0.1, -0.05) is 19.1 Å². The number of carbonyl (C=O) groups excluding carboxylic acids is 1. The highest BCUT2D eigenvalue weighted by molar-refractivity contribution is 5.94. The Morgan fingerprint density at radius 3 is 2.74 bits per heavy atom. The lowest BCUT2D eigenvalue weighted by atomic mass is 10.0. The Balaban J connectivity index is 2.03. The number of nitrogens with one attached hydrogen (secondary N) is 1. The van der Waals surface area contributed by atoms with Crippen LogP contribution in [-0.2, 0) is 0 Å². The summed E-state index contributed by atoms with van der Waals surface area (Å²) in [6.45, 7) is 6.11. The molecule has 104 valence electrons. The van der Waals surface area contributed by atoms with Crippen LogP contribution in [0.1, 0.15) is 35.7 Å². The zero-order valence-corrected chi connectivity index (χ0v) is 11.6. The predicted octanol–water partition coefficient (Wildman–Crippen LogP) is 2.35. The minimum absolute atomic E-state index is 0.184. The van der Waals surface area contributed by atoms with E-state index >= 15 is 0 Å². The molecule has 1 aromatic carbocycles. The Bertz CT molecular complexity index is 453. The maximum Gasteiger partial charge on any atom is 0.256 e. The highest BCUT2D eigenvalue weighted by Crippen LogP contribution is 2.17. The Kier molecular flexibility index (Phi) is 4.53. The molecule has 0 unspecified atom stereocenters. The van der Waals surface area contributed by atoms with Gasteiger partial charge in [-0.2, -0.15) is 0 Å². The Hall–Kier alpha value is -1.42. The number of hydrogen-bond donors (Lipinski definition) is 1. The standard InChI is InChI=1S/C15H21FN2O/c1-3-17-12-7-9-18(10-8-12)15(19)13-6-4-5-11(2)14(13)16/h4-6,12,17H,3,7-10H2,1-2H3. The quantitative estimate of drug-likeness (QED) is 0.909. The lowest BCUT2D eigenvalue weighted by Gasteiger charge is -2.32. The molecule has 0 saturated carbocycles. The number of halogens is 1. The van der Waals surface area contributed by atoms with E-state index in [2.05, 4.69) is 12.2 Å². The van der Waals surface area contributed by atoms with Crippen molar-refractivity contribution >= 4 is 5.91 Å². The number of benzene rings is 1. The first-order valence-corrected chi connectivity index (χ1v) is 6.91. The van der Waals surface area contributed by atoms with Crippen LogP contribution in [0.5, 0.6) is 0 Å². The predicted molar refractivity (Wildman–Crippen MR) is 73.7 cm³/mol. The summed E-state index contributed by atoms with van der Waals surface area (Å²) < 4.78 is 13.9. The fraction of sp³-hybridized carbons (Fsp3) is 0.533. The van der Waals surface area contributed by atoms with Crippen LogP contribution in [0, 0.1) is 12.7 Å². The molecule has 1 heterocycles. The maximum absolute atomic E-state index is 13.9. The zero-order valence-electron chi connectivity index (χ0n) is 11.6. The van der Waals surface area contributed by atoms with Crippen LogP contribution in [0.25, 0.3) is 0 Å². The van der Waals surface area contributed by atoms with E-state index in [9.17, 15) is 9.18 Å². The van der Waals surface area contributed by atoms with E-state index in [1.54, 1.807) is 30.0 Å². The molecule has 4 heteroatoms. The molecule has 0 spiro atoms. The lowest BCUT2D eigenvalue weighted by Crippen LogP contribution is -2.45. The monoisotopic (exact) mass is 264 g/mol. The molecule has 1 aromatic rings. The van der Waals surface area contributed by atoms with Crippen molar-refractivity contribution in [3.8, 4) is 0 Å². The van der Waals surface area contributed by atoms with Crippen molar-refractivity contribution in [2.24, 2.45) is 0 Å². The van der Waals surface area contributed by atoms with E-state index in [1.165, 1.54) is 0 Å². The fourth-order valence-corrected chi connectivity index (χ4v) is 2.56. The zero-order chi connectivity index (χ0) is 13.8. The minimum Gasteiger partial charge on any atom is -0.338 e. The third-order valence-corrected chi connectivity index (χ3v) is 3.70. The molecule has 1 fully saturated rings. The van der Waals surface area contributed by atoms with Gasteiger partial charge in [0, 0.05) is 19.1 Å². The third kappa shape index (κ3) is 3.13. The molecule has 0 aliphatic carbocycles. The Morgan fingerprint density at radius 1 is 1.42 bits per heavy atom. The normalized spacial score (nSPS) is 16.7. The third-order valence-electron chi connectivity index (χ3n) is 3.70. The first-order chi connectivity index (χ1) is 9.13. The van der Waals surface area contributed by atoms with Crippen LogP contribution in [0.15, 0.2) is 18.2 Å². The van der Waals surface area contributed by atoms with Gasteiger partial charge in [-0.15, -0.1) is 0 Å². The van der Waals surface area contributed by atoms with Crippen LogP contribution in [0.4, 0.5) is 4.39 Å². The molecule has 1 N–H and O–H groups in total. The van der Waals surface area contributed by atoms with Gasteiger partial charge in [0.2, 0.25) is 0 Å². The second kappa shape index (κ2) is 6.15. The Morgan fingerprint density at radius 2 is 2.11 bits per heavy atom. The van der Waals surface area contributed by atoms with Gasteiger partial charge in [-0.3, -0.25) is 4.79 Å². The highest BCUT2D eigenvalue weighted by Gasteiger charge is 2.25. The van der Waals surface area contributed by atoms with Crippen molar-refractivity contribution in [1.29, 1.82) is 0 Å². The number of piperidine rings is 1. The number of hydrogen-bond acceptors (Lipinski definition) is 2. The molecule has 1 aliphatic heterocycles. The summed E-state index contributed by atoms with van der Waals surface area (Å²) >= 11 is 0. The van der Waals surface area contributed by atoms with Gasteiger partial charge >= 0.3 is 0 Å². The van der Waals surface area contributed by atoms with Gasteiger partial charge in [0.1, 0.15) is 5.82 Å². The summed E-state index contributed by atoms with van der Waals surface area (Å²) in [4.78, 5) is 14.1. The molecule has 0 radical (unpaired) electrons. The molecular weight excluding hydrogens is 243 g/mol. The van der Waals surface area contributed by atoms with Crippen molar-refractivity contribution in [2.75, 3.05) is 19.6 Å². The van der Waals surface area contributed by atoms with E-state index in [1.807, 2.05) is 0 Å². The van der Waals surface area contributed by atoms with E-state index in [0.29, 0.717) is 24.7 Å². The number of nitrogens with zero attached hydrogens (tertiary/aromatic N) is 1. The number of amides is 1. The summed E-state index contributed by atoms with van der Waals surface area (Å²) in [5.41, 5.74) is 0.718. The van der Waals surface area contributed by atoms with Crippen LogP contribution in [0.3, 0.4) is 0 Å². The lowest BCUT2D eigenvalue weighted by molar-refractivity contribution is 0.0701. The number of rotatable bonds is 3. The first kappa shape index (κ1) is 14.0. The van der Waals surface area contributed by atoms with Crippen LogP contribution < -0.4 is 5.32 Å². The topological polar surface area (TPSA) is 32.3 Å². The van der Waals surface area contributed by atoms with Crippen molar-refractivity contribution in [3.05, 3.63) is 35.1 Å². The van der Waals surface area contributed by atoms with Gasteiger partial charge in [0.15, 0.2) is 0 Å². The van der Waals surface area contributed by atoms with E-state index in [4.69, 9.17) is 0 Å². The molecule has 3 nitrogen and oxygen atoms in total. The van der Waals surface area contributed by atoms with Crippen molar-refractivity contribution < 1.29 is 9.18 Å². The second-order valence-corrected chi connectivity index (χ2v) is 5.06. The minimum atomic E-state index is -0.388. The first-order valence-electron chi connectivity index (χ1n) is 6.91. The van der Waals surface area contributed by atoms with E-state index in [0.717, 1.165) is 19.4 Å². The molecule has 1 amide bonds. The van der Waals surface area contributed by atoms with Crippen LogP contribution >= 0.6 is 0 Å². The number of likely N-dealkylation sites (tertiary alicyclic amines) is 1. The molecule has 19 heavy (non-hydrogen) atoms. The summed E-state index contributed by atoms with van der Waals surface area (Å²) in [6, 6.07) is 5.47. The van der Waals surface area contributed by atoms with Gasteiger partial charge in [0.05, 0.1) is 5.56 Å². The number of carbonyl (C=O) groups is 1. The number of aryl methyl sites for hydroxylation is 1. The molecular formula is C15H21FN2O. The summed E-state index contributed by atoms with van der Waals surface area (Å²) in [5.74, 6) is -0.572.